The van der Waals surface area contributed by atoms with Gasteiger partial charge >= 0.3 is 0 Å². The molecular weight excluding hydrogens is 396 g/mol. The average molecular weight is 425 g/mol. The van der Waals surface area contributed by atoms with Crippen LogP contribution in [0.1, 0.15) is 42.7 Å². The van der Waals surface area contributed by atoms with Crippen molar-refractivity contribution in [2.24, 2.45) is 0 Å². The summed E-state index contributed by atoms with van der Waals surface area (Å²) in [4.78, 5) is 15.4. The lowest BCUT2D eigenvalue weighted by molar-refractivity contribution is 0.0755. The molecule has 0 saturated heterocycles. The Labute approximate surface area is 184 Å². The normalized spacial score (nSPS) is 10.8. The Morgan fingerprint density at radius 1 is 1.03 bits per heavy atom. The van der Waals surface area contributed by atoms with E-state index < -0.39 is 0 Å². The topological polar surface area (TPSA) is 34.5 Å². The number of carbonyl (C=O) groups is 1. The minimum atomic E-state index is 0.0664. The first-order valence-corrected chi connectivity index (χ1v) is 10.8. The summed E-state index contributed by atoms with van der Waals surface area (Å²) in [6.07, 6.45) is 1.86. The minimum absolute atomic E-state index is 0.0664. The molecule has 0 aliphatic heterocycles. The van der Waals surface area contributed by atoms with Gasteiger partial charge in [0.05, 0.1) is 29.1 Å². The molecule has 0 atom stereocenters. The zero-order valence-corrected chi connectivity index (χ0v) is 18.9. The maximum absolute atomic E-state index is 13.4. The molecule has 30 heavy (non-hydrogen) atoms. The van der Waals surface area contributed by atoms with Crippen molar-refractivity contribution in [2.45, 2.75) is 33.6 Å². The van der Waals surface area contributed by atoms with Gasteiger partial charge in [-0.1, -0.05) is 37.6 Å². The summed E-state index contributed by atoms with van der Waals surface area (Å²) < 4.78 is 7.38. The Kier molecular flexibility index (Phi) is 7.22. The zero-order chi connectivity index (χ0) is 21.7. The largest absolute Gasteiger partial charge is 0.497 e. The van der Waals surface area contributed by atoms with Gasteiger partial charge in [-0.3, -0.25) is 4.79 Å². The van der Waals surface area contributed by atoms with Crippen LogP contribution in [0.4, 0.5) is 0 Å². The number of ether oxygens (including phenoxy) is 1. The monoisotopic (exact) mass is 424 g/mol. The molecule has 1 heterocycles. The van der Waals surface area contributed by atoms with Crippen molar-refractivity contribution in [2.75, 3.05) is 20.2 Å². The lowest BCUT2D eigenvalue weighted by Gasteiger charge is -2.21. The molecule has 0 radical (unpaired) electrons. The van der Waals surface area contributed by atoms with E-state index in [-0.39, 0.29) is 5.91 Å². The summed E-state index contributed by atoms with van der Waals surface area (Å²) in [7, 11) is 1.65. The molecule has 0 N–H and O–H groups in total. The number of halogens is 1. The van der Waals surface area contributed by atoms with Crippen molar-refractivity contribution >= 4 is 17.5 Å². The van der Waals surface area contributed by atoms with E-state index in [0.717, 1.165) is 54.3 Å². The highest BCUT2D eigenvalue weighted by atomic mass is 35.5. The van der Waals surface area contributed by atoms with Crippen LogP contribution in [-0.4, -0.2) is 35.6 Å². The maximum Gasteiger partial charge on any atom is 0.255 e. The van der Waals surface area contributed by atoms with E-state index in [4.69, 9.17) is 16.3 Å². The van der Waals surface area contributed by atoms with E-state index >= 15 is 0 Å². The number of rotatable bonds is 8. The van der Waals surface area contributed by atoms with Gasteiger partial charge in [0.2, 0.25) is 0 Å². The van der Waals surface area contributed by atoms with Gasteiger partial charge in [-0.25, -0.2) is 0 Å². The van der Waals surface area contributed by atoms with Gasteiger partial charge < -0.3 is 14.2 Å². The van der Waals surface area contributed by atoms with Crippen LogP contribution in [0, 0.1) is 6.92 Å². The molecule has 0 fully saturated rings. The molecule has 0 saturated carbocycles. The van der Waals surface area contributed by atoms with E-state index in [1.807, 2.05) is 66.4 Å². The average Bonchev–Trinajstić information content (AvgIpc) is 3.10. The lowest BCUT2D eigenvalue weighted by Crippen LogP contribution is -2.32. The number of carbonyl (C=O) groups excluding carboxylic acids is 1. The molecule has 0 unspecified atom stereocenters. The summed E-state index contributed by atoms with van der Waals surface area (Å²) in [6, 6.07) is 17.6. The quantitative estimate of drug-likeness (QED) is 0.420. The number of hydrogen-bond acceptors (Lipinski definition) is 2. The third-order valence-electron chi connectivity index (χ3n) is 5.23. The van der Waals surface area contributed by atoms with E-state index in [1.165, 1.54) is 0 Å². The smallest absolute Gasteiger partial charge is 0.255 e. The fraction of sp³-hybridized carbons (Fsp3) is 0.320. The molecule has 0 spiro atoms. The first-order chi connectivity index (χ1) is 14.5. The van der Waals surface area contributed by atoms with Crippen LogP contribution in [0.3, 0.4) is 0 Å². The van der Waals surface area contributed by atoms with Gasteiger partial charge in [0.25, 0.3) is 5.91 Å². The molecule has 0 bridgehead atoms. The predicted molar refractivity (Wildman–Crippen MR) is 124 cm³/mol. The second-order valence-corrected chi connectivity index (χ2v) is 7.74. The molecule has 5 heteroatoms. The number of para-hydroxylation sites is 1. The van der Waals surface area contributed by atoms with Gasteiger partial charge in [0.1, 0.15) is 5.75 Å². The molecule has 3 rings (SSSR count). The lowest BCUT2D eigenvalue weighted by atomic mass is 10.1. The fourth-order valence-corrected chi connectivity index (χ4v) is 3.99. The minimum Gasteiger partial charge on any atom is -0.497 e. The highest BCUT2D eigenvalue weighted by Crippen LogP contribution is 2.33. The van der Waals surface area contributed by atoms with Crippen LogP contribution in [0.15, 0.2) is 54.6 Å². The SMILES string of the molecule is CCCN(CCC)C(=O)c1cc(-c2ccc(OC)cc2)n(-c2ccccc2Cl)c1C. The number of benzene rings is 2. The van der Waals surface area contributed by atoms with Gasteiger partial charge in [-0.05, 0) is 67.8 Å². The second-order valence-electron chi connectivity index (χ2n) is 7.34. The highest BCUT2D eigenvalue weighted by Gasteiger charge is 2.23. The van der Waals surface area contributed by atoms with Gasteiger partial charge in [0, 0.05) is 18.8 Å². The molecule has 2 aromatic carbocycles. The fourth-order valence-electron chi connectivity index (χ4n) is 3.77. The Morgan fingerprint density at radius 3 is 2.23 bits per heavy atom. The zero-order valence-electron chi connectivity index (χ0n) is 18.1. The molecule has 1 aromatic heterocycles. The first-order valence-electron chi connectivity index (χ1n) is 10.4. The Hall–Kier alpha value is -2.72. The second kappa shape index (κ2) is 9.86. The van der Waals surface area contributed by atoms with E-state index in [1.54, 1.807) is 7.11 Å². The van der Waals surface area contributed by atoms with Crippen molar-refractivity contribution in [1.29, 1.82) is 0 Å². The van der Waals surface area contributed by atoms with E-state index in [2.05, 4.69) is 18.4 Å². The Balaban J connectivity index is 2.18. The van der Waals surface area contributed by atoms with Crippen molar-refractivity contribution in [3.05, 3.63) is 70.9 Å². The first kappa shape index (κ1) is 22.0. The van der Waals surface area contributed by atoms with Crippen LogP contribution in [0.5, 0.6) is 5.75 Å². The molecule has 1 amide bonds. The summed E-state index contributed by atoms with van der Waals surface area (Å²) >= 11 is 6.55. The standard InChI is InChI=1S/C25H29ClN2O2/c1-5-15-27(16-6-2)25(29)21-17-24(19-11-13-20(30-4)14-12-19)28(18(21)3)23-10-8-7-9-22(23)26/h7-14,17H,5-6,15-16H2,1-4H3. The van der Waals surface area contributed by atoms with Crippen molar-refractivity contribution in [1.82, 2.24) is 9.47 Å². The van der Waals surface area contributed by atoms with Crippen LogP contribution in [-0.2, 0) is 0 Å². The van der Waals surface area contributed by atoms with Crippen LogP contribution >= 0.6 is 11.6 Å². The van der Waals surface area contributed by atoms with E-state index in [9.17, 15) is 4.79 Å². The Morgan fingerprint density at radius 2 is 1.67 bits per heavy atom. The number of hydrogen-bond donors (Lipinski definition) is 0. The summed E-state index contributed by atoms with van der Waals surface area (Å²) in [5.74, 6) is 0.858. The van der Waals surface area contributed by atoms with Crippen molar-refractivity contribution < 1.29 is 9.53 Å². The number of methoxy groups -OCH3 is 1. The van der Waals surface area contributed by atoms with Crippen molar-refractivity contribution in [3.63, 3.8) is 0 Å². The van der Waals surface area contributed by atoms with Crippen LogP contribution < -0.4 is 4.74 Å². The summed E-state index contributed by atoms with van der Waals surface area (Å²) in [6.45, 7) is 7.68. The van der Waals surface area contributed by atoms with Crippen molar-refractivity contribution in [3.8, 4) is 22.7 Å². The van der Waals surface area contributed by atoms with Crippen LogP contribution in [0.2, 0.25) is 5.02 Å². The molecule has 0 aliphatic carbocycles. The number of aromatic nitrogens is 1. The number of amides is 1. The molecule has 158 valence electrons. The molecular formula is C25H29ClN2O2. The maximum atomic E-state index is 13.4. The van der Waals surface area contributed by atoms with Gasteiger partial charge in [-0.15, -0.1) is 0 Å². The molecule has 0 aliphatic rings. The van der Waals surface area contributed by atoms with Crippen LogP contribution in [0.25, 0.3) is 16.9 Å². The molecule has 4 nitrogen and oxygen atoms in total. The predicted octanol–water partition coefficient (Wildman–Crippen LogP) is 6.38. The van der Waals surface area contributed by atoms with E-state index in [0.29, 0.717) is 10.6 Å². The third-order valence-corrected chi connectivity index (χ3v) is 5.55. The highest BCUT2D eigenvalue weighted by molar-refractivity contribution is 6.32. The van der Waals surface area contributed by atoms with Gasteiger partial charge in [0.15, 0.2) is 0 Å². The van der Waals surface area contributed by atoms with Gasteiger partial charge in [-0.2, -0.15) is 0 Å². The molecule has 3 aromatic rings. The third kappa shape index (κ3) is 4.39. The summed E-state index contributed by atoms with van der Waals surface area (Å²) in [5.41, 5.74) is 4.38. The Bertz CT molecular complexity index is 1000. The number of nitrogens with zero attached hydrogens (tertiary/aromatic N) is 2. The summed E-state index contributed by atoms with van der Waals surface area (Å²) in [5, 5.41) is 0.643.